The number of ether oxygens (including phenoxy) is 1. The van der Waals surface area contributed by atoms with Crippen molar-refractivity contribution in [3.05, 3.63) is 29.8 Å². The molecule has 128 valence electrons. The van der Waals surface area contributed by atoms with Crippen molar-refractivity contribution in [2.24, 2.45) is 0 Å². The average molecular weight is 340 g/mol. The maximum Gasteiger partial charge on any atom is 0.244 e. The van der Waals surface area contributed by atoms with Crippen molar-refractivity contribution in [3.8, 4) is 0 Å². The summed E-state index contributed by atoms with van der Waals surface area (Å²) in [6.07, 6.45) is 0.515. The van der Waals surface area contributed by atoms with E-state index in [4.69, 9.17) is 4.74 Å². The number of likely N-dealkylation sites (N-methyl/N-ethyl adjacent to an activating group) is 1. The normalized spacial score (nSPS) is 20.9. The fourth-order valence-corrected chi connectivity index (χ4v) is 4.57. The van der Waals surface area contributed by atoms with Gasteiger partial charge in [-0.25, -0.2) is 8.42 Å². The lowest BCUT2D eigenvalue weighted by molar-refractivity contribution is -0.132. The monoisotopic (exact) mass is 340 g/mol. The van der Waals surface area contributed by atoms with Gasteiger partial charge in [0.15, 0.2) is 9.84 Å². The standard InChI is InChI=1S/C16H24N2O4S/c1-12(17-14-6-4-5-13(9-14)10-22-3)16(19)18(2)15-7-8-23(20,21)11-15/h4-6,9,12,15,17H,7-8,10-11H2,1-3H3. The van der Waals surface area contributed by atoms with Crippen LogP contribution >= 0.6 is 0 Å². The molecule has 1 amide bonds. The number of rotatable bonds is 6. The first kappa shape index (κ1) is 17.7. The fraction of sp³-hybridized carbons (Fsp3) is 0.562. The summed E-state index contributed by atoms with van der Waals surface area (Å²) in [5.74, 6) is 0.116. The molecule has 2 rings (SSSR count). The van der Waals surface area contributed by atoms with Crippen molar-refractivity contribution in [3.63, 3.8) is 0 Å². The Bertz CT molecular complexity index is 660. The minimum atomic E-state index is -3.00. The third kappa shape index (κ3) is 4.68. The van der Waals surface area contributed by atoms with Crippen LogP contribution in [0.2, 0.25) is 0 Å². The van der Waals surface area contributed by atoms with Crippen molar-refractivity contribution < 1.29 is 17.9 Å². The minimum absolute atomic E-state index is 0.0608. The van der Waals surface area contributed by atoms with Crippen molar-refractivity contribution >= 4 is 21.4 Å². The van der Waals surface area contributed by atoms with Gasteiger partial charge in [0.05, 0.1) is 18.1 Å². The molecule has 0 bridgehead atoms. The van der Waals surface area contributed by atoms with Gasteiger partial charge in [-0.05, 0) is 31.0 Å². The lowest BCUT2D eigenvalue weighted by atomic mass is 10.1. The number of anilines is 1. The van der Waals surface area contributed by atoms with Gasteiger partial charge in [0.25, 0.3) is 0 Å². The number of nitrogens with one attached hydrogen (secondary N) is 1. The van der Waals surface area contributed by atoms with Crippen LogP contribution < -0.4 is 5.32 Å². The number of methoxy groups -OCH3 is 1. The second-order valence-corrected chi connectivity index (χ2v) is 8.23. The van der Waals surface area contributed by atoms with Crippen molar-refractivity contribution in [1.29, 1.82) is 0 Å². The third-order valence-corrected chi connectivity index (χ3v) is 5.85. The molecule has 7 heteroatoms. The molecule has 0 spiro atoms. The SMILES string of the molecule is COCc1cccc(NC(C)C(=O)N(C)C2CCS(=O)(=O)C2)c1. The summed E-state index contributed by atoms with van der Waals surface area (Å²) in [6.45, 7) is 2.29. The average Bonchev–Trinajstić information content (AvgIpc) is 2.86. The number of carbonyl (C=O) groups is 1. The molecule has 1 aliphatic rings. The topological polar surface area (TPSA) is 75.7 Å². The van der Waals surface area contributed by atoms with Gasteiger partial charge in [0.2, 0.25) is 5.91 Å². The number of carbonyl (C=O) groups excluding carboxylic acids is 1. The fourth-order valence-electron chi connectivity index (χ4n) is 2.80. The molecular weight excluding hydrogens is 316 g/mol. The molecule has 1 aromatic rings. The zero-order valence-corrected chi connectivity index (χ0v) is 14.6. The summed E-state index contributed by atoms with van der Waals surface area (Å²) in [5, 5.41) is 3.17. The van der Waals surface area contributed by atoms with Crippen LogP contribution in [-0.2, 0) is 26.0 Å². The first-order valence-corrected chi connectivity index (χ1v) is 9.46. The molecule has 2 unspecified atom stereocenters. The van der Waals surface area contributed by atoms with Crippen LogP contribution in [0.1, 0.15) is 18.9 Å². The number of hydrogen-bond donors (Lipinski definition) is 1. The van der Waals surface area contributed by atoms with Gasteiger partial charge < -0.3 is 15.0 Å². The van der Waals surface area contributed by atoms with Crippen LogP contribution in [0, 0.1) is 0 Å². The van der Waals surface area contributed by atoms with E-state index in [0.717, 1.165) is 11.3 Å². The van der Waals surface area contributed by atoms with Crippen molar-refractivity contribution in [2.75, 3.05) is 31.0 Å². The van der Waals surface area contributed by atoms with E-state index >= 15 is 0 Å². The van der Waals surface area contributed by atoms with Gasteiger partial charge in [-0.15, -0.1) is 0 Å². The van der Waals surface area contributed by atoms with E-state index in [1.54, 1.807) is 26.0 Å². The van der Waals surface area contributed by atoms with Crippen LogP contribution in [0.4, 0.5) is 5.69 Å². The van der Waals surface area contributed by atoms with E-state index in [2.05, 4.69) is 5.32 Å². The highest BCUT2D eigenvalue weighted by Gasteiger charge is 2.34. The summed E-state index contributed by atoms with van der Waals surface area (Å²) in [7, 11) is 0.311. The quantitative estimate of drug-likeness (QED) is 0.844. The number of nitrogens with zero attached hydrogens (tertiary/aromatic N) is 1. The maximum absolute atomic E-state index is 12.5. The molecule has 6 nitrogen and oxygen atoms in total. The van der Waals surface area contributed by atoms with Gasteiger partial charge >= 0.3 is 0 Å². The lowest BCUT2D eigenvalue weighted by Gasteiger charge is -2.27. The predicted octanol–water partition coefficient (Wildman–Crippen LogP) is 1.28. The Morgan fingerprint density at radius 2 is 2.22 bits per heavy atom. The Balaban J connectivity index is 1.98. The molecule has 0 saturated carbocycles. The largest absolute Gasteiger partial charge is 0.380 e. The highest BCUT2D eigenvalue weighted by Crippen LogP contribution is 2.18. The van der Waals surface area contributed by atoms with Crippen LogP contribution in [0.15, 0.2) is 24.3 Å². The zero-order valence-electron chi connectivity index (χ0n) is 13.8. The molecular formula is C16H24N2O4S. The Morgan fingerprint density at radius 3 is 2.83 bits per heavy atom. The second kappa shape index (κ2) is 7.31. The van der Waals surface area contributed by atoms with Crippen molar-refractivity contribution in [1.82, 2.24) is 4.90 Å². The van der Waals surface area contributed by atoms with E-state index in [1.807, 2.05) is 24.3 Å². The Hall–Kier alpha value is -1.60. The smallest absolute Gasteiger partial charge is 0.244 e. The molecule has 0 aromatic heterocycles. The third-order valence-electron chi connectivity index (χ3n) is 4.10. The van der Waals surface area contributed by atoms with E-state index in [0.29, 0.717) is 13.0 Å². The molecule has 1 aromatic carbocycles. The van der Waals surface area contributed by atoms with Crippen LogP contribution in [-0.4, -0.2) is 57.0 Å². The van der Waals surface area contributed by atoms with Crippen LogP contribution in [0.5, 0.6) is 0 Å². The molecule has 2 atom stereocenters. The zero-order chi connectivity index (χ0) is 17.0. The van der Waals surface area contributed by atoms with Crippen LogP contribution in [0.3, 0.4) is 0 Å². The molecule has 1 fully saturated rings. The van der Waals surface area contributed by atoms with Gasteiger partial charge in [0, 0.05) is 25.9 Å². The van der Waals surface area contributed by atoms with Gasteiger partial charge in [-0.3, -0.25) is 4.79 Å². The summed E-state index contributed by atoms with van der Waals surface area (Å²) in [5.41, 5.74) is 1.86. The molecule has 0 aliphatic carbocycles. The lowest BCUT2D eigenvalue weighted by Crippen LogP contribution is -2.45. The summed E-state index contributed by atoms with van der Waals surface area (Å²) >= 11 is 0. The minimum Gasteiger partial charge on any atom is -0.380 e. The van der Waals surface area contributed by atoms with Crippen molar-refractivity contribution in [2.45, 2.75) is 32.0 Å². The summed E-state index contributed by atoms with van der Waals surface area (Å²) < 4.78 is 28.2. The molecule has 1 aliphatic heterocycles. The molecule has 1 N–H and O–H groups in total. The summed E-state index contributed by atoms with van der Waals surface area (Å²) in [4.78, 5) is 14.1. The number of sulfone groups is 1. The molecule has 1 heterocycles. The van der Waals surface area contributed by atoms with Gasteiger partial charge in [-0.2, -0.15) is 0 Å². The molecule has 1 saturated heterocycles. The first-order valence-electron chi connectivity index (χ1n) is 7.64. The van der Waals surface area contributed by atoms with E-state index in [9.17, 15) is 13.2 Å². The van der Waals surface area contributed by atoms with E-state index < -0.39 is 15.9 Å². The van der Waals surface area contributed by atoms with Gasteiger partial charge in [-0.1, -0.05) is 12.1 Å². The number of amides is 1. The van der Waals surface area contributed by atoms with E-state index in [1.165, 1.54) is 0 Å². The Morgan fingerprint density at radius 1 is 1.48 bits per heavy atom. The molecule has 23 heavy (non-hydrogen) atoms. The Labute approximate surface area is 137 Å². The Kier molecular flexibility index (Phi) is 5.64. The van der Waals surface area contributed by atoms with Gasteiger partial charge in [0.1, 0.15) is 6.04 Å². The molecule has 0 radical (unpaired) electrons. The summed E-state index contributed by atoms with van der Waals surface area (Å²) in [6, 6.07) is 7.03. The number of hydrogen-bond acceptors (Lipinski definition) is 5. The van der Waals surface area contributed by atoms with Crippen LogP contribution in [0.25, 0.3) is 0 Å². The highest BCUT2D eigenvalue weighted by atomic mass is 32.2. The number of benzene rings is 1. The highest BCUT2D eigenvalue weighted by molar-refractivity contribution is 7.91. The van der Waals surface area contributed by atoms with E-state index in [-0.39, 0.29) is 23.5 Å². The second-order valence-electron chi connectivity index (χ2n) is 6.01. The predicted molar refractivity (Wildman–Crippen MR) is 90.1 cm³/mol. The first-order chi connectivity index (χ1) is 10.8. The maximum atomic E-state index is 12.5.